The van der Waals surface area contributed by atoms with Gasteiger partial charge < -0.3 is 10.6 Å². The quantitative estimate of drug-likeness (QED) is 0.902. The van der Waals surface area contributed by atoms with Crippen LogP contribution in [0, 0.1) is 0 Å². The van der Waals surface area contributed by atoms with Gasteiger partial charge in [-0.1, -0.05) is 12.1 Å². The van der Waals surface area contributed by atoms with Crippen molar-refractivity contribution in [2.75, 3.05) is 23.4 Å². The molecule has 2 N–H and O–H groups in total. The molecule has 20 heavy (non-hydrogen) atoms. The molecule has 1 aromatic carbocycles. The molecule has 0 bridgehead atoms. The zero-order valence-corrected chi connectivity index (χ0v) is 11.5. The third kappa shape index (κ3) is 4.14. The van der Waals surface area contributed by atoms with Gasteiger partial charge in [-0.2, -0.15) is 24.9 Å². The maximum absolute atomic E-state index is 12.8. The zero-order chi connectivity index (χ0) is 14.6. The number of halogens is 3. The molecule has 110 valence electrons. The minimum absolute atomic E-state index is 0.0202. The van der Waals surface area contributed by atoms with Crippen LogP contribution in [0.3, 0.4) is 0 Å². The number of benzene rings is 1. The Morgan fingerprint density at radius 2 is 2.15 bits per heavy atom. The van der Waals surface area contributed by atoms with Crippen molar-refractivity contribution in [2.24, 2.45) is 0 Å². The van der Waals surface area contributed by atoms with Crippen LogP contribution in [0.4, 0.5) is 18.9 Å². The van der Waals surface area contributed by atoms with Crippen molar-refractivity contribution >= 4 is 23.4 Å². The molecule has 2 rings (SSSR count). The fraction of sp³-hybridized carbons (Fsp3) is 0.462. The second kappa shape index (κ2) is 6.49. The maximum Gasteiger partial charge on any atom is 0.418 e. The highest BCUT2D eigenvalue weighted by Gasteiger charge is 2.33. The molecule has 1 amide bonds. The highest BCUT2D eigenvalue weighted by Crippen LogP contribution is 2.34. The zero-order valence-electron chi connectivity index (χ0n) is 10.7. The van der Waals surface area contributed by atoms with Crippen LogP contribution in [-0.2, 0) is 11.0 Å². The Hall–Kier alpha value is -1.21. The van der Waals surface area contributed by atoms with Gasteiger partial charge in [-0.25, -0.2) is 0 Å². The van der Waals surface area contributed by atoms with Crippen molar-refractivity contribution in [2.45, 2.75) is 18.6 Å². The fourth-order valence-corrected chi connectivity index (χ4v) is 2.96. The molecule has 1 aliphatic rings. The molecule has 1 saturated heterocycles. The normalized spacial score (nSPS) is 19.6. The Morgan fingerprint density at radius 3 is 2.80 bits per heavy atom. The van der Waals surface area contributed by atoms with E-state index in [0.717, 1.165) is 24.1 Å². The van der Waals surface area contributed by atoms with Gasteiger partial charge in [0.1, 0.15) is 0 Å². The maximum atomic E-state index is 12.8. The molecule has 3 nitrogen and oxygen atoms in total. The van der Waals surface area contributed by atoms with E-state index in [1.54, 1.807) is 11.8 Å². The molecule has 1 aromatic rings. The Morgan fingerprint density at radius 1 is 1.40 bits per heavy atom. The summed E-state index contributed by atoms with van der Waals surface area (Å²) in [5.74, 6) is 1.39. The lowest BCUT2D eigenvalue weighted by atomic mass is 10.1. The molecular formula is C13H15F3N2OS. The largest absolute Gasteiger partial charge is 0.418 e. The van der Waals surface area contributed by atoms with E-state index in [-0.39, 0.29) is 18.2 Å². The minimum atomic E-state index is -4.47. The lowest BCUT2D eigenvalue weighted by molar-refractivity contribution is -0.137. The molecule has 0 radical (unpaired) electrons. The Balaban J connectivity index is 2.00. The summed E-state index contributed by atoms with van der Waals surface area (Å²) in [4.78, 5) is 11.8. The first-order valence-corrected chi connectivity index (χ1v) is 7.39. The smallest absolute Gasteiger partial charge is 0.325 e. The lowest BCUT2D eigenvalue weighted by Crippen LogP contribution is -2.40. The fourth-order valence-electron chi connectivity index (χ4n) is 2.02. The molecule has 0 spiro atoms. The number of carbonyl (C=O) groups is 1. The number of hydrogen-bond donors (Lipinski definition) is 2. The summed E-state index contributed by atoms with van der Waals surface area (Å²) in [6.07, 6.45) is -4.29. The molecule has 7 heteroatoms. The molecule has 1 heterocycles. The number of carbonyl (C=O) groups excluding carboxylic acids is 1. The van der Waals surface area contributed by atoms with Gasteiger partial charge in [-0.15, -0.1) is 0 Å². The van der Waals surface area contributed by atoms with E-state index in [1.165, 1.54) is 18.2 Å². The summed E-state index contributed by atoms with van der Waals surface area (Å²) in [5, 5.41) is 5.53. The molecule has 0 aliphatic carbocycles. The summed E-state index contributed by atoms with van der Waals surface area (Å²) in [7, 11) is 0. The van der Waals surface area contributed by atoms with Gasteiger partial charge in [-0.3, -0.25) is 4.79 Å². The highest BCUT2D eigenvalue weighted by atomic mass is 32.2. The summed E-state index contributed by atoms with van der Waals surface area (Å²) in [6.45, 7) is 0.821. The van der Waals surface area contributed by atoms with Crippen molar-refractivity contribution in [1.29, 1.82) is 0 Å². The van der Waals surface area contributed by atoms with Crippen molar-refractivity contribution in [1.82, 2.24) is 5.32 Å². The number of alkyl halides is 3. The van der Waals surface area contributed by atoms with Crippen LogP contribution in [0.2, 0.25) is 0 Å². The van der Waals surface area contributed by atoms with E-state index in [2.05, 4.69) is 10.6 Å². The minimum Gasteiger partial charge on any atom is -0.325 e. The van der Waals surface area contributed by atoms with E-state index >= 15 is 0 Å². The number of rotatable bonds is 3. The van der Waals surface area contributed by atoms with Crippen LogP contribution >= 0.6 is 11.8 Å². The molecule has 0 saturated carbocycles. The summed E-state index contributed by atoms with van der Waals surface area (Å²) in [6, 6.07) is 5.03. The second-order valence-electron chi connectivity index (χ2n) is 4.52. The Labute approximate surface area is 119 Å². The predicted molar refractivity (Wildman–Crippen MR) is 73.8 cm³/mol. The van der Waals surface area contributed by atoms with Crippen molar-refractivity contribution in [3.63, 3.8) is 0 Å². The van der Waals surface area contributed by atoms with Crippen LogP contribution in [-0.4, -0.2) is 30.0 Å². The van der Waals surface area contributed by atoms with Crippen LogP contribution in [0.15, 0.2) is 24.3 Å². The SMILES string of the molecule is O=C(CC1CSCCN1)Nc1ccccc1C(F)(F)F. The monoisotopic (exact) mass is 304 g/mol. The van der Waals surface area contributed by atoms with Gasteiger partial charge in [0.2, 0.25) is 5.91 Å². The second-order valence-corrected chi connectivity index (χ2v) is 5.67. The topological polar surface area (TPSA) is 41.1 Å². The van der Waals surface area contributed by atoms with Crippen molar-refractivity contribution in [3.05, 3.63) is 29.8 Å². The van der Waals surface area contributed by atoms with Crippen molar-refractivity contribution < 1.29 is 18.0 Å². The summed E-state index contributed by atoms with van der Waals surface area (Å²) in [5.41, 5.74) is -1.01. The number of nitrogens with one attached hydrogen (secondary N) is 2. The molecule has 1 unspecified atom stereocenters. The number of amides is 1. The molecule has 1 aliphatic heterocycles. The Kier molecular flexibility index (Phi) is 4.93. The number of para-hydroxylation sites is 1. The van der Waals surface area contributed by atoms with Gasteiger partial charge in [0, 0.05) is 30.5 Å². The van der Waals surface area contributed by atoms with E-state index < -0.39 is 17.6 Å². The highest BCUT2D eigenvalue weighted by molar-refractivity contribution is 7.99. The Bertz CT molecular complexity index is 473. The first kappa shape index (κ1) is 15.2. The van der Waals surface area contributed by atoms with Gasteiger partial charge >= 0.3 is 6.18 Å². The van der Waals surface area contributed by atoms with E-state index in [1.807, 2.05) is 0 Å². The standard InChI is InChI=1S/C13H15F3N2OS/c14-13(15,16)10-3-1-2-4-11(10)18-12(19)7-9-8-20-6-5-17-9/h1-4,9,17H,5-8H2,(H,18,19). The average molecular weight is 304 g/mol. The average Bonchev–Trinajstić information content (AvgIpc) is 2.39. The summed E-state index contributed by atoms with van der Waals surface area (Å²) < 4.78 is 38.4. The van der Waals surface area contributed by atoms with E-state index in [4.69, 9.17) is 0 Å². The van der Waals surface area contributed by atoms with Crippen LogP contribution in [0.25, 0.3) is 0 Å². The number of thioether (sulfide) groups is 1. The van der Waals surface area contributed by atoms with Crippen LogP contribution in [0.1, 0.15) is 12.0 Å². The van der Waals surface area contributed by atoms with E-state index in [0.29, 0.717) is 0 Å². The third-order valence-electron chi connectivity index (χ3n) is 2.94. The molecular weight excluding hydrogens is 289 g/mol. The van der Waals surface area contributed by atoms with Gasteiger partial charge in [-0.05, 0) is 12.1 Å². The van der Waals surface area contributed by atoms with Gasteiger partial charge in [0.15, 0.2) is 0 Å². The predicted octanol–water partition coefficient (Wildman–Crippen LogP) is 2.74. The van der Waals surface area contributed by atoms with E-state index in [9.17, 15) is 18.0 Å². The lowest BCUT2D eigenvalue weighted by Gasteiger charge is -2.22. The van der Waals surface area contributed by atoms with Gasteiger partial charge in [0.25, 0.3) is 0 Å². The first-order chi connectivity index (χ1) is 9.47. The molecule has 1 fully saturated rings. The van der Waals surface area contributed by atoms with Gasteiger partial charge in [0.05, 0.1) is 11.3 Å². The first-order valence-electron chi connectivity index (χ1n) is 6.24. The van der Waals surface area contributed by atoms with Crippen molar-refractivity contribution in [3.8, 4) is 0 Å². The van der Waals surface area contributed by atoms with Crippen LogP contribution in [0.5, 0.6) is 0 Å². The number of hydrogen-bond acceptors (Lipinski definition) is 3. The third-order valence-corrected chi connectivity index (χ3v) is 4.07. The van der Waals surface area contributed by atoms with Crippen LogP contribution < -0.4 is 10.6 Å². The molecule has 0 aromatic heterocycles. The number of anilines is 1. The molecule has 1 atom stereocenters. The summed E-state index contributed by atoms with van der Waals surface area (Å²) >= 11 is 1.74.